The Morgan fingerprint density at radius 3 is 2.44 bits per heavy atom. The van der Waals surface area contributed by atoms with Crippen LogP contribution in [0.25, 0.3) is 10.8 Å². The number of anilines is 1. The summed E-state index contributed by atoms with van der Waals surface area (Å²) in [6.07, 6.45) is 3.32. The minimum Gasteiger partial charge on any atom is -0.490 e. The van der Waals surface area contributed by atoms with Crippen molar-refractivity contribution < 1.29 is 9.53 Å². The van der Waals surface area contributed by atoms with E-state index in [9.17, 15) is 4.79 Å². The number of carbonyl (C=O) groups is 1. The Morgan fingerprint density at radius 1 is 0.938 bits per heavy atom. The summed E-state index contributed by atoms with van der Waals surface area (Å²) in [5.41, 5.74) is 2.85. The van der Waals surface area contributed by atoms with Crippen LogP contribution in [0.2, 0.25) is 0 Å². The highest BCUT2D eigenvalue weighted by Crippen LogP contribution is 2.34. The van der Waals surface area contributed by atoms with Crippen LogP contribution < -0.4 is 9.64 Å². The van der Waals surface area contributed by atoms with Gasteiger partial charge in [0.05, 0.1) is 12.2 Å². The molecular formula is C27H33ClN2O2. The van der Waals surface area contributed by atoms with E-state index in [1.54, 1.807) is 0 Å². The Kier molecular flexibility index (Phi) is 8.54. The molecule has 3 aromatic carbocycles. The fourth-order valence-corrected chi connectivity index (χ4v) is 4.36. The summed E-state index contributed by atoms with van der Waals surface area (Å²) in [5, 5.41) is 2.23. The minimum atomic E-state index is 0. The number of carbonyl (C=O) groups excluding carboxylic acids is 1. The maximum atomic E-state index is 13.4. The van der Waals surface area contributed by atoms with Crippen LogP contribution in [0, 0.1) is 0 Å². The summed E-state index contributed by atoms with van der Waals surface area (Å²) in [6.45, 7) is 8.86. The van der Waals surface area contributed by atoms with Gasteiger partial charge in [0, 0.05) is 12.1 Å². The van der Waals surface area contributed by atoms with Crippen molar-refractivity contribution >= 4 is 34.8 Å². The zero-order valence-corrected chi connectivity index (χ0v) is 19.9. The van der Waals surface area contributed by atoms with E-state index in [4.69, 9.17) is 4.74 Å². The highest BCUT2D eigenvalue weighted by atomic mass is 35.5. The highest BCUT2D eigenvalue weighted by molar-refractivity contribution is 6.09. The maximum Gasteiger partial charge on any atom is 0.258 e. The Morgan fingerprint density at radius 2 is 1.69 bits per heavy atom. The van der Waals surface area contributed by atoms with Gasteiger partial charge in [-0.15, -0.1) is 12.4 Å². The molecular weight excluding hydrogens is 420 g/mol. The first-order valence-corrected chi connectivity index (χ1v) is 11.5. The molecule has 3 aromatic rings. The lowest BCUT2D eigenvalue weighted by Crippen LogP contribution is -2.38. The van der Waals surface area contributed by atoms with Crippen LogP contribution in [0.1, 0.15) is 42.6 Å². The molecule has 0 saturated carbocycles. The standard InChI is InChI=1S/C27H32N2O2.ClH/c1-3-14-28(15-4-2)16-13-21-9-12-26-25(19-21)29(17-18-31-26)27(30)24-11-10-22-7-5-6-8-23(22)20-24;/h5-12,19-20H,3-4,13-18H2,1-2H3;1H. The van der Waals surface area contributed by atoms with Crippen LogP contribution in [-0.4, -0.2) is 43.6 Å². The van der Waals surface area contributed by atoms with E-state index in [-0.39, 0.29) is 18.3 Å². The molecule has 0 radical (unpaired) electrons. The number of ether oxygens (including phenoxy) is 1. The molecule has 1 heterocycles. The number of amides is 1. The van der Waals surface area contributed by atoms with Gasteiger partial charge in [-0.25, -0.2) is 0 Å². The lowest BCUT2D eigenvalue weighted by Gasteiger charge is -2.30. The van der Waals surface area contributed by atoms with Crippen LogP contribution >= 0.6 is 12.4 Å². The molecule has 1 aliphatic heterocycles. The number of fused-ring (bicyclic) bond motifs is 2. The van der Waals surface area contributed by atoms with Crippen LogP contribution in [-0.2, 0) is 6.42 Å². The van der Waals surface area contributed by atoms with Gasteiger partial charge in [-0.3, -0.25) is 4.79 Å². The second-order valence-electron chi connectivity index (χ2n) is 8.26. The van der Waals surface area contributed by atoms with Crippen LogP contribution in [0.4, 0.5) is 5.69 Å². The number of halogens is 1. The van der Waals surface area contributed by atoms with Gasteiger partial charge in [-0.2, -0.15) is 0 Å². The van der Waals surface area contributed by atoms with Crippen LogP contribution in [0.5, 0.6) is 5.75 Å². The summed E-state index contributed by atoms with van der Waals surface area (Å²) in [7, 11) is 0. The molecule has 1 aliphatic rings. The van der Waals surface area contributed by atoms with Gasteiger partial charge in [0.2, 0.25) is 0 Å². The zero-order chi connectivity index (χ0) is 21.6. The third kappa shape index (κ3) is 5.43. The SMILES string of the molecule is CCCN(CCC)CCc1ccc2c(c1)N(C(=O)c1ccc3ccccc3c1)CCO2.Cl. The summed E-state index contributed by atoms with van der Waals surface area (Å²) in [6, 6.07) is 20.4. The number of nitrogens with zero attached hydrogens (tertiary/aromatic N) is 2. The molecule has 0 N–H and O–H groups in total. The summed E-state index contributed by atoms with van der Waals surface area (Å²) >= 11 is 0. The molecule has 170 valence electrons. The van der Waals surface area contributed by atoms with E-state index < -0.39 is 0 Å². The average molecular weight is 453 g/mol. The molecule has 0 aromatic heterocycles. The van der Waals surface area contributed by atoms with E-state index in [0.717, 1.165) is 48.3 Å². The first-order valence-electron chi connectivity index (χ1n) is 11.5. The number of hydrogen-bond donors (Lipinski definition) is 0. The van der Waals surface area contributed by atoms with Gasteiger partial charge in [0.1, 0.15) is 12.4 Å². The third-order valence-corrected chi connectivity index (χ3v) is 5.92. The van der Waals surface area contributed by atoms with Gasteiger partial charge < -0.3 is 14.5 Å². The summed E-state index contributed by atoms with van der Waals surface area (Å²) < 4.78 is 5.86. The van der Waals surface area contributed by atoms with Gasteiger partial charge in [-0.1, -0.05) is 50.2 Å². The van der Waals surface area contributed by atoms with Crippen molar-refractivity contribution in [3.8, 4) is 5.75 Å². The molecule has 0 saturated heterocycles. The quantitative estimate of drug-likeness (QED) is 0.422. The first-order chi connectivity index (χ1) is 15.2. The van der Waals surface area contributed by atoms with Crippen molar-refractivity contribution in [1.29, 1.82) is 0 Å². The Hall–Kier alpha value is -2.56. The molecule has 0 bridgehead atoms. The Bertz CT molecular complexity index is 1050. The van der Waals surface area contributed by atoms with Gasteiger partial charge in [-0.05, 0) is 73.0 Å². The largest absolute Gasteiger partial charge is 0.490 e. The van der Waals surface area contributed by atoms with Gasteiger partial charge in [0.25, 0.3) is 5.91 Å². The van der Waals surface area contributed by atoms with Crippen molar-refractivity contribution in [3.05, 3.63) is 71.8 Å². The molecule has 0 atom stereocenters. The van der Waals surface area contributed by atoms with E-state index >= 15 is 0 Å². The summed E-state index contributed by atoms with van der Waals surface area (Å²) in [4.78, 5) is 17.8. The molecule has 0 aliphatic carbocycles. The van der Waals surface area contributed by atoms with Crippen molar-refractivity contribution in [2.24, 2.45) is 0 Å². The van der Waals surface area contributed by atoms with E-state index in [1.165, 1.54) is 18.4 Å². The fourth-order valence-electron chi connectivity index (χ4n) is 4.36. The first kappa shape index (κ1) is 24.1. The maximum absolute atomic E-state index is 13.4. The third-order valence-electron chi connectivity index (χ3n) is 5.92. The van der Waals surface area contributed by atoms with E-state index in [1.807, 2.05) is 41.3 Å². The summed E-state index contributed by atoms with van der Waals surface area (Å²) in [5.74, 6) is 0.828. The van der Waals surface area contributed by atoms with Crippen molar-refractivity contribution in [3.63, 3.8) is 0 Å². The number of rotatable bonds is 8. The van der Waals surface area contributed by atoms with Gasteiger partial charge in [0.15, 0.2) is 0 Å². The van der Waals surface area contributed by atoms with Crippen LogP contribution in [0.3, 0.4) is 0 Å². The van der Waals surface area contributed by atoms with Crippen molar-refractivity contribution in [2.75, 3.05) is 37.7 Å². The zero-order valence-electron chi connectivity index (χ0n) is 19.0. The average Bonchev–Trinajstić information content (AvgIpc) is 2.81. The smallest absolute Gasteiger partial charge is 0.258 e. The molecule has 0 spiro atoms. The highest BCUT2D eigenvalue weighted by Gasteiger charge is 2.25. The monoisotopic (exact) mass is 452 g/mol. The molecule has 1 amide bonds. The fraction of sp³-hybridized carbons (Fsp3) is 0.370. The number of benzene rings is 3. The molecule has 0 unspecified atom stereocenters. The molecule has 5 heteroatoms. The predicted molar refractivity (Wildman–Crippen MR) is 136 cm³/mol. The Balaban J connectivity index is 0.00000289. The topological polar surface area (TPSA) is 32.8 Å². The van der Waals surface area contributed by atoms with Gasteiger partial charge >= 0.3 is 0 Å². The molecule has 4 rings (SSSR count). The minimum absolute atomic E-state index is 0. The predicted octanol–water partition coefficient (Wildman–Crippen LogP) is 5.97. The molecule has 32 heavy (non-hydrogen) atoms. The lowest BCUT2D eigenvalue weighted by molar-refractivity contribution is 0.0976. The molecule has 4 nitrogen and oxygen atoms in total. The second kappa shape index (κ2) is 11.3. The van der Waals surface area contributed by atoms with E-state index in [0.29, 0.717) is 18.7 Å². The van der Waals surface area contributed by atoms with Crippen molar-refractivity contribution in [2.45, 2.75) is 33.1 Å². The van der Waals surface area contributed by atoms with Crippen molar-refractivity contribution in [1.82, 2.24) is 4.90 Å². The Labute approximate surface area is 197 Å². The number of hydrogen-bond acceptors (Lipinski definition) is 3. The second-order valence-corrected chi connectivity index (χ2v) is 8.26. The lowest BCUT2D eigenvalue weighted by atomic mass is 10.0. The van der Waals surface area contributed by atoms with Crippen LogP contribution in [0.15, 0.2) is 60.7 Å². The molecule has 0 fully saturated rings. The van der Waals surface area contributed by atoms with E-state index in [2.05, 4.69) is 43.0 Å². The normalized spacial score (nSPS) is 12.9.